The summed E-state index contributed by atoms with van der Waals surface area (Å²) >= 11 is 0. The fraction of sp³-hybridized carbons (Fsp3) is 0.700. The zero-order chi connectivity index (χ0) is 10.8. The molecule has 4 heteroatoms. The lowest BCUT2D eigenvalue weighted by atomic mass is 10.1. The maximum absolute atomic E-state index is 10.6. The van der Waals surface area contributed by atoms with Gasteiger partial charge in [0, 0.05) is 6.08 Å². The van der Waals surface area contributed by atoms with Crippen molar-refractivity contribution in [2.45, 2.75) is 31.8 Å². The van der Waals surface area contributed by atoms with Crippen LogP contribution in [-0.2, 0) is 9.53 Å². The lowest BCUT2D eigenvalue weighted by Gasteiger charge is -2.06. The van der Waals surface area contributed by atoms with Crippen LogP contribution >= 0.6 is 0 Å². The van der Waals surface area contributed by atoms with E-state index in [0.717, 1.165) is 25.3 Å². The standard InChI is InChI=1S/C10H18O4/c1-2-10(13)14-7-5-3-4-6-9(12)8-11/h2,9,11-12H,1,3-8H2. The third-order valence-electron chi connectivity index (χ3n) is 1.80. The minimum atomic E-state index is -0.620. The number of aliphatic hydroxyl groups is 2. The van der Waals surface area contributed by atoms with Crippen molar-refractivity contribution in [3.63, 3.8) is 0 Å². The molecule has 0 saturated carbocycles. The van der Waals surface area contributed by atoms with Crippen LogP contribution in [0.1, 0.15) is 25.7 Å². The molecule has 0 aromatic heterocycles. The molecular formula is C10H18O4. The van der Waals surface area contributed by atoms with Gasteiger partial charge < -0.3 is 14.9 Å². The molecule has 14 heavy (non-hydrogen) atoms. The summed E-state index contributed by atoms with van der Waals surface area (Å²) in [6.07, 6.45) is 3.58. The lowest BCUT2D eigenvalue weighted by molar-refractivity contribution is -0.137. The van der Waals surface area contributed by atoms with Gasteiger partial charge in [0.05, 0.1) is 19.3 Å². The molecule has 0 radical (unpaired) electrons. The van der Waals surface area contributed by atoms with Crippen LogP contribution in [-0.4, -0.2) is 35.5 Å². The number of aliphatic hydroxyl groups excluding tert-OH is 2. The van der Waals surface area contributed by atoms with Gasteiger partial charge in [0.25, 0.3) is 0 Å². The molecule has 0 bridgehead atoms. The van der Waals surface area contributed by atoms with Crippen molar-refractivity contribution in [3.8, 4) is 0 Å². The number of esters is 1. The zero-order valence-electron chi connectivity index (χ0n) is 8.32. The van der Waals surface area contributed by atoms with Gasteiger partial charge in [0.1, 0.15) is 0 Å². The normalized spacial score (nSPS) is 12.1. The summed E-state index contributed by atoms with van der Waals surface area (Å²) in [4.78, 5) is 10.6. The van der Waals surface area contributed by atoms with E-state index in [1.54, 1.807) is 0 Å². The number of unbranched alkanes of at least 4 members (excludes halogenated alkanes) is 2. The minimum Gasteiger partial charge on any atom is -0.463 e. The summed E-state index contributed by atoms with van der Waals surface area (Å²) in [5, 5.41) is 17.5. The van der Waals surface area contributed by atoms with Crippen LogP contribution in [0.5, 0.6) is 0 Å². The first-order chi connectivity index (χ1) is 6.70. The van der Waals surface area contributed by atoms with Crippen LogP contribution < -0.4 is 0 Å². The highest BCUT2D eigenvalue weighted by molar-refractivity contribution is 5.81. The average Bonchev–Trinajstić information content (AvgIpc) is 2.22. The van der Waals surface area contributed by atoms with Crippen molar-refractivity contribution in [2.75, 3.05) is 13.2 Å². The van der Waals surface area contributed by atoms with Gasteiger partial charge in [0.15, 0.2) is 0 Å². The molecule has 0 aromatic rings. The number of hydrogen-bond donors (Lipinski definition) is 2. The van der Waals surface area contributed by atoms with Crippen molar-refractivity contribution in [3.05, 3.63) is 12.7 Å². The van der Waals surface area contributed by atoms with Gasteiger partial charge in [-0.2, -0.15) is 0 Å². The lowest BCUT2D eigenvalue weighted by Crippen LogP contribution is -2.11. The molecule has 0 amide bonds. The summed E-state index contributed by atoms with van der Waals surface area (Å²) in [6, 6.07) is 0. The van der Waals surface area contributed by atoms with Crippen molar-refractivity contribution < 1.29 is 19.7 Å². The maximum atomic E-state index is 10.6. The number of carbonyl (C=O) groups excluding carboxylic acids is 1. The Morgan fingerprint density at radius 3 is 2.71 bits per heavy atom. The molecule has 1 atom stereocenters. The Balaban J connectivity index is 3.14. The van der Waals surface area contributed by atoms with Gasteiger partial charge in [-0.3, -0.25) is 0 Å². The number of ether oxygens (including phenoxy) is 1. The van der Waals surface area contributed by atoms with E-state index in [4.69, 9.17) is 14.9 Å². The topological polar surface area (TPSA) is 66.8 Å². The second kappa shape index (κ2) is 8.72. The van der Waals surface area contributed by atoms with Crippen molar-refractivity contribution in [1.29, 1.82) is 0 Å². The van der Waals surface area contributed by atoms with E-state index >= 15 is 0 Å². The smallest absolute Gasteiger partial charge is 0.330 e. The largest absolute Gasteiger partial charge is 0.463 e. The molecule has 4 nitrogen and oxygen atoms in total. The summed E-state index contributed by atoms with van der Waals surface area (Å²) in [5.74, 6) is -0.402. The molecule has 0 aliphatic rings. The monoisotopic (exact) mass is 202 g/mol. The van der Waals surface area contributed by atoms with E-state index in [0.29, 0.717) is 13.0 Å². The van der Waals surface area contributed by atoms with Crippen molar-refractivity contribution >= 4 is 5.97 Å². The molecule has 0 saturated heterocycles. The third-order valence-corrected chi connectivity index (χ3v) is 1.80. The highest BCUT2D eigenvalue weighted by Crippen LogP contribution is 2.03. The van der Waals surface area contributed by atoms with Crippen LogP contribution in [0.3, 0.4) is 0 Å². The Bertz CT molecular complexity index is 168. The Hall–Kier alpha value is -0.870. The van der Waals surface area contributed by atoms with Gasteiger partial charge in [-0.15, -0.1) is 0 Å². The van der Waals surface area contributed by atoms with E-state index < -0.39 is 12.1 Å². The Labute approximate surface area is 84.2 Å². The molecule has 0 rings (SSSR count). The number of carbonyl (C=O) groups is 1. The van der Waals surface area contributed by atoms with Crippen LogP contribution in [0, 0.1) is 0 Å². The molecule has 0 fully saturated rings. The van der Waals surface area contributed by atoms with Crippen LogP contribution in [0.15, 0.2) is 12.7 Å². The molecular weight excluding hydrogens is 184 g/mol. The Morgan fingerprint density at radius 2 is 2.14 bits per heavy atom. The Kier molecular flexibility index (Phi) is 8.17. The van der Waals surface area contributed by atoms with E-state index in [2.05, 4.69) is 6.58 Å². The fourth-order valence-electron chi connectivity index (χ4n) is 0.982. The first-order valence-corrected chi connectivity index (χ1v) is 4.78. The molecule has 0 aliphatic carbocycles. The van der Waals surface area contributed by atoms with Gasteiger partial charge >= 0.3 is 5.97 Å². The predicted molar refractivity (Wildman–Crippen MR) is 52.7 cm³/mol. The predicted octanol–water partition coefficient (Wildman–Crippen LogP) is 0.629. The SMILES string of the molecule is C=CC(=O)OCCCCCC(O)CO. The zero-order valence-corrected chi connectivity index (χ0v) is 8.32. The quantitative estimate of drug-likeness (QED) is 0.344. The second-order valence-electron chi connectivity index (χ2n) is 3.06. The highest BCUT2D eigenvalue weighted by atomic mass is 16.5. The molecule has 1 unspecified atom stereocenters. The first kappa shape index (κ1) is 13.1. The molecule has 0 spiro atoms. The van der Waals surface area contributed by atoms with Crippen LogP contribution in [0.25, 0.3) is 0 Å². The van der Waals surface area contributed by atoms with E-state index in [9.17, 15) is 4.79 Å². The average molecular weight is 202 g/mol. The molecule has 0 aliphatic heterocycles. The van der Waals surface area contributed by atoms with E-state index in [1.165, 1.54) is 0 Å². The highest BCUT2D eigenvalue weighted by Gasteiger charge is 2.01. The summed E-state index contributed by atoms with van der Waals surface area (Å²) in [5.41, 5.74) is 0. The minimum absolute atomic E-state index is 0.189. The third kappa shape index (κ3) is 7.76. The van der Waals surface area contributed by atoms with Gasteiger partial charge in [0.2, 0.25) is 0 Å². The van der Waals surface area contributed by atoms with E-state index in [1.807, 2.05) is 0 Å². The number of rotatable bonds is 8. The first-order valence-electron chi connectivity index (χ1n) is 4.78. The molecule has 0 heterocycles. The summed E-state index contributed by atoms with van der Waals surface area (Å²) in [6.45, 7) is 3.47. The Morgan fingerprint density at radius 1 is 1.43 bits per heavy atom. The summed E-state index contributed by atoms with van der Waals surface area (Å²) < 4.78 is 4.76. The van der Waals surface area contributed by atoms with Gasteiger partial charge in [-0.1, -0.05) is 13.0 Å². The fourth-order valence-corrected chi connectivity index (χ4v) is 0.982. The van der Waals surface area contributed by atoms with Crippen LogP contribution in [0.4, 0.5) is 0 Å². The van der Waals surface area contributed by atoms with Crippen molar-refractivity contribution in [2.24, 2.45) is 0 Å². The van der Waals surface area contributed by atoms with Gasteiger partial charge in [-0.25, -0.2) is 4.79 Å². The molecule has 82 valence electrons. The van der Waals surface area contributed by atoms with Crippen molar-refractivity contribution in [1.82, 2.24) is 0 Å². The molecule has 0 aromatic carbocycles. The number of hydrogen-bond acceptors (Lipinski definition) is 4. The maximum Gasteiger partial charge on any atom is 0.330 e. The molecule has 2 N–H and O–H groups in total. The van der Waals surface area contributed by atoms with E-state index in [-0.39, 0.29) is 6.61 Å². The van der Waals surface area contributed by atoms with Crippen LogP contribution in [0.2, 0.25) is 0 Å². The van der Waals surface area contributed by atoms with Gasteiger partial charge in [-0.05, 0) is 19.3 Å². The summed E-state index contributed by atoms with van der Waals surface area (Å²) in [7, 11) is 0. The second-order valence-corrected chi connectivity index (χ2v) is 3.06.